The van der Waals surface area contributed by atoms with Gasteiger partial charge in [-0.2, -0.15) is 5.10 Å². The number of hydrogen-bond acceptors (Lipinski definition) is 5. The molecule has 1 aromatic heterocycles. The molecule has 1 unspecified atom stereocenters. The molecule has 1 aliphatic carbocycles. The van der Waals surface area contributed by atoms with Gasteiger partial charge in [0.2, 0.25) is 5.91 Å². The number of fused-ring (bicyclic) bond motifs is 1. The number of carbonyl (C=O) groups excluding carboxylic acids is 1. The number of nitrogens with zero attached hydrogens (tertiary/aromatic N) is 2. The first-order valence-electron chi connectivity index (χ1n) is 8.62. The smallest absolute Gasteiger partial charge is 0.267 e. The van der Waals surface area contributed by atoms with Gasteiger partial charge in [-0.15, -0.1) is 0 Å². The van der Waals surface area contributed by atoms with Crippen molar-refractivity contribution in [3.05, 3.63) is 45.9 Å². The molecule has 1 aliphatic rings. The van der Waals surface area contributed by atoms with Crippen molar-refractivity contribution in [3.63, 3.8) is 0 Å². The summed E-state index contributed by atoms with van der Waals surface area (Å²) in [5.41, 5.74) is 2.17. The third-order valence-corrected chi connectivity index (χ3v) is 4.58. The Morgan fingerprint density at radius 1 is 1.31 bits per heavy atom. The molecule has 3 rings (SSSR count). The minimum Gasteiger partial charge on any atom is -0.497 e. The molecule has 1 N–H and O–H groups in total. The fraction of sp³-hybridized carbons (Fsp3) is 0.421. The van der Waals surface area contributed by atoms with E-state index in [9.17, 15) is 9.59 Å². The molecule has 2 aromatic rings. The van der Waals surface area contributed by atoms with Crippen LogP contribution in [0.3, 0.4) is 0 Å². The molecule has 0 aliphatic heterocycles. The number of amides is 1. The fourth-order valence-electron chi connectivity index (χ4n) is 3.15. The zero-order valence-corrected chi connectivity index (χ0v) is 15.2. The van der Waals surface area contributed by atoms with E-state index in [4.69, 9.17) is 9.47 Å². The van der Waals surface area contributed by atoms with Crippen LogP contribution in [-0.4, -0.2) is 29.9 Å². The zero-order valence-electron chi connectivity index (χ0n) is 15.2. The van der Waals surface area contributed by atoms with Gasteiger partial charge in [0.25, 0.3) is 5.56 Å². The average Bonchev–Trinajstić information content (AvgIpc) is 2.62. The summed E-state index contributed by atoms with van der Waals surface area (Å²) in [5, 5.41) is 7.15. The lowest BCUT2D eigenvalue weighted by Crippen LogP contribution is -2.32. The third kappa shape index (κ3) is 3.87. The van der Waals surface area contributed by atoms with Gasteiger partial charge in [-0.25, -0.2) is 4.68 Å². The molecule has 1 amide bonds. The summed E-state index contributed by atoms with van der Waals surface area (Å²) in [6, 6.07) is 6.71. The highest BCUT2D eigenvalue weighted by molar-refractivity contribution is 5.92. The summed E-state index contributed by atoms with van der Waals surface area (Å²) in [4.78, 5) is 24.7. The molecule has 0 saturated carbocycles. The zero-order chi connectivity index (χ0) is 18.7. The number of methoxy groups -OCH3 is 2. The van der Waals surface area contributed by atoms with E-state index < -0.39 is 0 Å². The Morgan fingerprint density at radius 2 is 2.12 bits per heavy atom. The lowest BCUT2D eigenvalue weighted by Gasteiger charge is -2.20. The number of aromatic nitrogens is 2. The summed E-state index contributed by atoms with van der Waals surface area (Å²) < 4.78 is 11.6. The number of rotatable bonds is 5. The minimum atomic E-state index is -0.341. The van der Waals surface area contributed by atoms with Crippen molar-refractivity contribution in [2.75, 3.05) is 19.5 Å². The van der Waals surface area contributed by atoms with Crippen molar-refractivity contribution in [2.45, 2.75) is 32.7 Å². The average molecular weight is 357 g/mol. The topological polar surface area (TPSA) is 82.5 Å². The highest BCUT2D eigenvalue weighted by Crippen LogP contribution is 2.29. The molecule has 1 heterocycles. The van der Waals surface area contributed by atoms with Crippen molar-refractivity contribution in [3.8, 4) is 11.5 Å². The fourth-order valence-corrected chi connectivity index (χ4v) is 3.15. The molecule has 0 spiro atoms. The van der Waals surface area contributed by atoms with Crippen LogP contribution in [0.2, 0.25) is 0 Å². The number of carbonyl (C=O) groups is 1. The molecule has 138 valence electrons. The molecule has 1 aromatic carbocycles. The SMILES string of the molecule is COc1ccc(NC(=O)Cn2nc3c(cc2=O)CC(C)CC3)c(OC)c1. The molecule has 0 radical (unpaired) electrons. The number of hydrogen-bond donors (Lipinski definition) is 1. The van der Waals surface area contributed by atoms with E-state index in [2.05, 4.69) is 17.3 Å². The molecular weight excluding hydrogens is 334 g/mol. The van der Waals surface area contributed by atoms with E-state index in [-0.39, 0.29) is 18.0 Å². The standard InChI is InChI=1S/C19H23N3O4/c1-12-4-6-15-13(8-12)9-19(24)22(21-15)11-18(23)20-16-7-5-14(25-2)10-17(16)26-3/h5,7,9-10,12H,4,6,8,11H2,1-3H3,(H,20,23). The summed E-state index contributed by atoms with van der Waals surface area (Å²) in [5.74, 6) is 1.33. The lowest BCUT2D eigenvalue weighted by molar-refractivity contribution is -0.117. The number of benzene rings is 1. The van der Waals surface area contributed by atoms with Crippen molar-refractivity contribution < 1.29 is 14.3 Å². The van der Waals surface area contributed by atoms with Crippen LogP contribution in [-0.2, 0) is 24.2 Å². The van der Waals surface area contributed by atoms with Gasteiger partial charge in [0, 0.05) is 12.1 Å². The largest absolute Gasteiger partial charge is 0.497 e. The predicted molar refractivity (Wildman–Crippen MR) is 97.9 cm³/mol. The van der Waals surface area contributed by atoms with Crippen molar-refractivity contribution in [1.29, 1.82) is 0 Å². The molecule has 1 atom stereocenters. The van der Waals surface area contributed by atoms with Crippen LogP contribution >= 0.6 is 0 Å². The minimum absolute atomic E-state index is 0.142. The van der Waals surface area contributed by atoms with Crippen molar-refractivity contribution in [2.24, 2.45) is 5.92 Å². The van der Waals surface area contributed by atoms with Gasteiger partial charge in [-0.1, -0.05) is 6.92 Å². The molecule has 7 nitrogen and oxygen atoms in total. The Balaban J connectivity index is 1.76. The first kappa shape index (κ1) is 18.0. The number of ether oxygens (including phenoxy) is 2. The molecule has 0 saturated heterocycles. The van der Waals surface area contributed by atoms with Crippen LogP contribution in [0.1, 0.15) is 24.6 Å². The maximum atomic E-state index is 12.4. The van der Waals surface area contributed by atoms with E-state index in [0.29, 0.717) is 23.1 Å². The van der Waals surface area contributed by atoms with E-state index in [1.165, 1.54) is 11.8 Å². The van der Waals surface area contributed by atoms with Crippen molar-refractivity contribution >= 4 is 11.6 Å². The van der Waals surface area contributed by atoms with Gasteiger partial charge in [-0.3, -0.25) is 9.59 Å². The van der Waals surface area contributed by atoms with Crippen LogP contribution in [0.15, 0.2) is 29.1 Å². The lowest BCUT2D eigenvalue weighted by atomic mass is 9.88. The van der Waals surface area contributed by atoms with E-state index in [1.54, 1.807) is 31.4 Å². The quantitative estimate of drug-likeness (QED) is 0.885. The van der Waals surface area contributed by atoms with E-state index in [1.807, 2.05) is 0 Å². The van der Waals surface area contributed by atoms with Gasteiger partial charge in [0.1, 0.15) is 18.0 Å². The maximum Gasteiger partial charge on any atom is 0.267 e. The summed E-state index contributed by atoms with van der Waals surface area (Å²) in [6.07, 6.45) is 2.76. The Kier molecular flexibility index (Phi) is 5.25. The van der Waals surface area contributed by atoms with Gasteiger partial charge in [0.05, 0.1) is 25.6 Å². The Hall–Kier alpha value is -2.83. The normalized spacial score (nSPS) is 15.9. The highest BCUT2D eigenvalue weighted by Gasteiger charge is 2.19. The molecular formula is C19H23N3O4. The second kappa shape index (κ2) is 7.59. The molecule has 0 fully saturated rings. The van der Waals surface area contributed by atoms with E-state index >= 15 is 0 Å². The van der Waals surface area contributed by atoms with Crippen LogP contribution in [0.5, 0.6) is 11.5 Å². The van der Waals surface area contributed by atoms with Crippen LogP contribution in [0.4, 0.5) is 5.69 Å². The first-order chi connectivity index (χ1) is 12.5. The number of aryl methyl sites for hydroxylation is 1. The van der Waals surface area contributed by atoms with Crippen molar-refractivity contribution in [1.82, 2.24) is 9.78 Å². The van der Waals surface area contributed by atoms with Crippen LogP contribution < -0.4 is 20.3 Å². The third-order valence-electron chi connectivity index (χ3n) is 4.58. The summed E-state index contributed by atoms with van der Waals surface area (Å²) in [6.45, 7) is 2.03. The van der Waals surface area contributed by atoms with E-state index in [0.717, 1.165) is 30.5 Å². The Bertz CT molecular complexity index is 876. The van der Waals surface area contributed by atoms with Gasteiger partial charge in [0.15, 0.2) is 0 Å². The number of anilines is 1. The second-order valence-electron chi connectivity index (χ2n) is 6.57. The summed E-state index contributed by atoms with van der Waals surface area (Å²) in [7, 11) is 3.07. The van der Waals surface area contributed by atoms with Gasteiger partial charge >= 0.3 is 0 Å². The van der Waals surface area contributed by atoms with Gasteiger partial charge < -0.3 is 14.8 Å². The van der Waals surface area contributed by atoms with Gasteiger partial charge in [-0.05, 0) is 42.9 Å². The molecule has 0 bridgehead atoms. The van der Waals surface area contributed by atoms with Crippen LogP contribution in [0.25, 0.3) is 0 Å². The predicted octanol–water partition coefficient (Wildman–Crippen LogP) is 2.02. The summed E-state index contributed by atoms with van der Waals surface area (Å²) >= 11 is 0. The first-order valence-corrected chi connectivity index (χ1v) is 8.62. The molecule has 26 heavy (non-hydrogen) atoms. The van der Waals surface area contributed by atoms with Crippen LogP contribution in [0, 0.1) is 5.92 Å². The molecule has 7 heteroatoms. The number of nitrogens with one attached hydrogen (secondary N) is 1. The Morgan fingerprint density at radius 3 is 2.85 bits per heavy atom. The maximum absolute atomic E-state index is 12.4. The monoisotopic (exact) mass is 357 g/mol. The Labute approximate surface area is 151 Å². The highest BCUT2D eigenvalue weighted by atomic mass is 16.5. The second-order valence-corrected chi connectivity index (χ2v) is 6.57.